The maximum absolute atomic E-state index is 12.5. The van der Waals surface area contributed by atoms with E-state index < -0.39 is 12.5 Å². The van der Waals surface area contributed by atoms with Crippen LogP contribution in [0.1, 0.15) is 10.4 Å². The summed E-state index contributed by atoms with van der Waals surface area (Å²) in [6.45, 7) is -2.95. The summed E-state index contributed by atoms with van der Waals surface area (Å²) < 4.78 is 34.5. The summed E-state index contributed by atoms with van der Waals surface area (Å²) in [5.41, 5.74) is 6.41. The first-order chi connectivity index (χ1) is 10.0. The van der Waals surface area contributed by atoms with E-state index in [-0.39, 0.29) is 11.3 Å². The fraction of sp³-hybridized carbons (Fsp3) is 0.133. The number of benzene rings is 2. The number of halogens is 2. The Bertz CT molecular complexity index is 659. The van der Waals surface area contributed by atoms with E-state index in [2.05, 4.69) is 4.74 Å². The van der Waals surface area contributed by atoms with Gasteiger partial charge in [0.2, 0.25) is 5.91 Å². The van der Waals surface area contributed by atoms with Gasteiger partial charge in [-0.2, -0.15) is 8.78 Å². The average Bonchev–Trinajstić information content (AvgIpc) is 2.47. The molecule has 2 aromatic rings. The highest BCUT2D eigenvalue weighted by molar-refractivity contribution is 5.94. The van der Waals surface area contributed by atoms with Crippen LogP contribution in [0.4, 0.5) is 8.78 Å². The minimum Gasteiger partial charge on any atom is -0.497 e. The minimum absolute atomic E-state index is 0.00702. The van der Waals surface area contributed by atoms with Gasteiger partial charge in [-0.15, -0.1) is 0 Å². The van der Waals surface area contributed by atoms with Gasteiger partial charge in [0.25, 0.3) is 0 Å². The predicted octanol–water partition coefficient (Wildman–Crippen LogP) is 3.06. The molecule has 0 fully saturated rings. The highest BCUT2D eigenvalue weighted by Gasteiger charge is 2.13. The summed E-state index contributed by atoms with van der Waals surface area (Å²) in [4.78, 5) is 11.2. The Balaban J connectivity index is 2.54. The van der Waals surface area contributed by atoms with Crippen LogP contribution < -0.4 is 15.2 Å². The Morgan fingerprint density at radius 2 is 1.95 bits per heavy atom. The molecule has 0 saturated heterocycles. The molecule has 21 heavy (non-hydrogen) atoms. The van der Waals surface area contributed by atoms with Crippen molar-refractivity contribution in [3.8, 4) is 22.6 Å². The van der Waals surface area contributed by atoms with E-state index in [1.54, 1.807) is 24.3 Å². The first kappa shape index (κ1) is 14.8. The van der Waals surface area contributed by atoms with Gasteiger partial charge in [0.05, 0.1) is 7.11 Å². The molecule has 0 aliphatic carbocycles. The predicted molar refractivity (Wildman–Crippen MR) is 73.6 cm³/mol. The number of methoxy groups -OCH3 is 1. The largest absolute Gasteiger partial charge is 0.497 e. The van der Waals surface area contributed by atoms with Crippen molar-refractivity contribution in [2.24, 2.45) is 5.73 Å². The van der Waals surface area contributed by atoms with Crippen molar-refractivity contribution in [2.75, 3.05) is 7.11 Å². The molecule has 0 spiro atoms. The van der Waals surface area contributed by atoms with E-state index in [9.17, 15) is 13.6 Å². The van der Waals surface area contributed by atoms with Crippen LogP contribution in [-0.2, 0) is 0 Å². The van der Waals surface area contributed by atoms with Crippen LogP contribution in [0.5, 0.6) is 11.5 Å². The molecule has 6 heteroatoms. The van der Waals surface area contributed by atoms with Crippen LogP contribution in [0.2, 0.25) is 0 Å². The standard InChI is InChI=1S/C15H13F2NO3/c1-20-11-5-6-13(21-15(16)17)12(8-11)9-3-2-4-10(7-9)14(18)19/h2-8,15H,1H3,(H2,18,19). The van der Waals surface area contributed by atoms with E-state index in [0.717, 1.165) is 0 Å². The molecule has 0 radical (unpaired) electrons. The number of hydrogen-bond donors (Lipinski definition) is 1. The number of carbonyl (C=O) groups is 1. The van der Waals surface area contributed by atoms with Crippen molar-refractivity contribution in [2.45, 2.75) is 6.61 Å². The van der Waals surface area contributed by atoms with E-state index in [1.807, 2.05) is 0 Å². The Morgan fingerprint density at radius 3 is 2.57 bits per heavy atom. The SMILES string of the molecule is COc1ccc(OC(F)F)c(-c2cccc(C(N)=O)c2)c1. The number of nitrogens with two attached hydrogens (primary N) is 1. The quantitative estimate of drug-likeness (QED) is 0.921. The monoisotopic (exact) mass is 293 g/mol. The molecule has 2 N–H and O–H groups in total. The Kier molecular flexibility index (Phi) is 4.37. The molecule has 0 unspecified atom stereocenters. The number of amides is 1. The van der Waals surface area contributed by atoms with Crippen molar-refractivity contribution >= 4 is 5.91 Å². The number of hydrogen-bond acceptors (Lipinski definition) is 3. The van der Waals surface area contributed by atoms with Gasteiger partial charge in [-0.05, 0) is 35.9 Å². The van der Waals surface area contributed by atoms with Gasteiger partial charge < -0.3 is 15.2 Å². The molecule has 2 rings (SSSR count). The summed E-state index contributed by atoms with van der Waals surface area (Å²) in [5, 5.41) is 0. The van der Waals surface area contributed by atoms with Gasteiger partial charge in [0.1, 0.15) is 11.5 Å². The van der Waals surface area contributed by atoms with Crippen molar-refractivity contribution in [3.05, 3.63) is 48.0 Å². The first-order valence-electron chi connectivity index (χ1n) is 6.04. The molecule has 0 aliphatic heterocycles. The normalized spacial score (nSPS) is 10.5. The van der Waals surface area contributed by atoms with Crippen LogP contribution in [0.3, 0.4) is 0 Å². The van der Waals surface area contributed by atoms with Crippen LogP contribution in [0.15, 0.2) is 42.5 Å². The van der Waals surface area contributed by atoms with Gasteiger partial charge in [0, 0.05) is 11.1 Å². The van der Waals surface area contributed by atoms with Crippen LogP contribution in [0, 0.1) is 0 Å². The highest BCUT2D eigenvalue weighted by atomic mass is 19.3. The fourth-order valence-corrected chi connectivity index (χ4v) is 1.90. The van der Waals surface area contributed by atoms with Crippen molar-refractivity contribution in [3.63, 3.8) is 0 Å². The zero-order valence-electron chi connectivity index (χ0n) is 11.2. The lowest BCUT2D eigenvalue weighted by atomic mass is 10.0. The van der Waals surface area contributed by atoms with Gasteiger partial charge >= 0.3 is 6.61 Å². The van der Waals surface area contributed by atoms with Gasteiger partial charge in [-0.3, -0.25) is 4.79 Å². The molecule has 0 atom stereocenters. The Labute approximate surface area is 120 Å². The van der Waals surface area contributed by atoms with Crippen molar-refractivity contribution in [1.29, 1.82) is 0 Å². The topological polar surface area (TPSA) is 61.6 Å². The lowest BCUT2D eigenvalue weighted by Gasteiger charge is -2.13. The summed E-state index contributed by atoms with van der Waals surface area (Å²) in [6.07, 6.45) is 0. The zero-order valence-corrected chi connectivity index (χ0v) is 11.2. The van der Waals surface area contributed by atoms with E-state index >= 15 is 0 Å². The number of ether oxygens (including phenoxy) is 2. The van der Waals surface area contributed by atoms with E-state index in [0.29, 0.717) is 16.9 Å². The second-order valence-corrected chi connectivity index (χ2v) is 4.19. The fourth-order valence-electron chi connectivity index (χ4n) is 1.90. The maximum atomic E-state index is 12.5. The lowest BCUT2D eigenvalue weighted by molar-refractivity contribution is -0.0494. The second kappa shape index (κ2) is 6.21. The van der Waals surface area contributed by atoms with Crippen molar-refractivity contribution < 1.29 is 23.0 Å². The Hall–Kier alpha value is -2.63. The molecule has 0 aliphatic rings. The molecule has 0 heterocycles. The molecule has 110 valence electrons. The van der Waals surface area contributed by atoms with Gasteiger partial charge in [-0.25, -0.2) is 0 Å². The molecule has 1 amide bonds. The van der Waals surface area contributed by atoms with Crippen LogP contribution in [0.25, 0.3) is 11.1 Å². The summed E-state index contributed by atoms with van der Waals surface area (Å²) in [6, 6.07) is 10.8. The van der Waals surface area contributed by atoms with Crippen molar-refractivity contribution in [1.82, 2.24) is 0 Å². The average molecular weight is 293 g/mol. The second-order valence-electron chi connectivity index (χ2n) is 4.19. The minimum atomic E-state index is -2.95. The molecule has 0 aromatic heterocycles. The number of alkyl halides is 2. The van der Waals surface area contributed by atoms with Crippen LogP contribution >= 0.6 is 0 Å². The van der Waals surface area contributed by atoms with Crippen LogP contribution in [-0.4, -0.2) is 19.6 Å². The lowest BCUT2D eigenvalue weighted by Crippen LogP contribution is -2.10. The summed E-state index contributed by atoms with van der Waals surface area (Å²) in [5.74, 6) is -0.125. The molecular formula is C15H13F2NO3. The third-order valence-corrected chi connectivity index (χ3v) is 2.86. The number of carbonyl (C=O) groups excluding carboxylic acids is 1. The van der Waals surface area contributed by atoms with Gasteiger partial charge in [0.15, 0.2) is 0 Å². The van der Waals surface area contributed by atoms with E-state index in [4.69, 9.17) is 10.5 Å². The molecule has 4 nitrogen and oxygen atoms in total. The summed E-state index contributed by atoms with van der Waals surface area (Å²) in [7, 11) is 1.46. The maximum Gasteiger partial charge on any atom is 0.387 e. The van der Waals surface area contributed by atoms with E-state index in [1.165, 1.54) is 25.3 Å². The number of rotatable bonds is 5. The molecule has 0 saturated carbocycles. The zero-order chi connectivity index (χ0) is 15.4. The molecule has 0 bridgehead atoms. The Morgan fingerprint density at radius 1 is 1.19 bits per heavy atom. The molecule has 2 aromatic carbocycles. The first-order valence-corrected chi connectivity index (χ1v) is 6.04. The smallest absolute Gasteiger partial charge is 0.387 e. The third kappa shape index (κ3) is 3.47. The van der Waals surface area contributed by atoms with Gasteiger partial charge in [-0.1, -0.05) is 12.1 Å². The highest BCUT2D eigenvalue weighted by Crippen LogP contribution is 2.34. The third-order valence-electron chi connectivity index (χ3n) is 2.86. The number of primary amides is 1. The molecular weight excluding hydrogens is 280 g/mol. The summed E-state index contributed by atoms with van der Waals surface area (Å²) >= 11 is 0.